The van der Waals surface area contributed by atoms with Crippen LogP contribution in [-0.2, 0) is 24.2 Å². The van der Waals surface area contributed by atoms with Gasteiger partial charge in [-0.2, -0.15) is 5.10 Å². The Labute approximate surface area is 221 Å². The molecule has 0 bridgehead atoms. The highest BCUT2D eigenvalue weighted by Crippen LogP contribution is 2.27. The summed E-state index contributed by atoms with van der Waals surface area (Å²) in [6.07, 6.45) is 0.872. The molecular weight excluding hydrogens is 497 g/mol. The molecule has 2 amide bonds. The van der Waals surface area contributed by atoms with Crippen LogP contribution in [0.4, 0.5) is 5.69 Å². The fourth-order valence-corrected chi connectivity index (χ4v) is 5.30. The van der Waals surface area contributed by atoms with Crippen molar-refractivity contribution in [2.45, 2.75) is 33.2 Å². The molecule has 0 unspecified atom stereocenters. The van der Waals surface area contributed by atoms with Crippen LogP contribution in [0.3, 0.4) is 0 Å². The van der Waals surface area contributed by atoms with Gasteiger partial charge in [-0.1, -0.05) is 41.4 Å². The Balaban J connectivity index is 1.24. The third kappa shape index (κ3) is 4.95. The van der Waals surface area contributed by atoms with Gasteiger partial charge < -0.3 is 14.7 Å². The topological polar surface area (TPSA) is 72.5 Å². The molecule has 1 aromatic heterocycles. The van der Waals surface area contributed by atoms with Crippen LogP contribution in [0.2, 0.25) is 10.0 Å². The molecule has 1 fully saturated rings. The van der Waals surface area contributed by atoms with E-state index in [4.69, 9.17) is 23.2 Å². The number of aryl methyl sites for hydroxylation is 2. The minimum atomic E-state index is -0.0769. The van der Waals surface area contributed by atoms with E-state index < -0.39 is 0 Å². The predicted octanol–water partition coefficient (Wildman–Crippen LogP) is 4.42. The van der Waals surface area contributed by atoms with Gasteiger partial charge in [-0.05, 0) is 48.7 Å². The number of carbonyl (C=O) groups is 2. The van der Waals surface area contributed by atoms with Crippen LogP contribution in [0.25, 0.3) is 0 Å². The minimum Gasteiger partial charge on any atom is -0.368 e. The summed E-state index contributed by atoms with van der Waals surface area (Å²) >= 11 is 12.1. The van der Waals surface area contributed by atoms with E-state index in [1.165, 1.54) is 16.8 Å². The molecule has 9 heteroatoms. The number of rotatable bonds is 4. The molecule has 2 aliphatic rings. The number of benzene rings is 2. The van der Waals surface area contributed by atoms with E-state index in [-0.39, 0.29) is 18.2 Å². The van der Waals surface area contributed by atoms with Crippen LogP contribution in [0.5, 0.6) is 0 Å². The number of halogens is 2. The number of H-pyrrole nitrogens is 1. The largest absolute Gasteiger partial charge is 0.368 e. The first kappa shape index (κ1) is 24.7. The van der Waals surface area contributed by atoms with Gasteiger partial charge in [0, 0.05) is 62.6 Å². The second-order valence-corrected chi connectivity index (χ2v) is 10.4. The summed E-state index contributed by atoms with van der Waals surface area (Å²) < 4.78 is 0. The van der Waals surface area contributed by atoms with E-state index in [0.717, 1.165) is 29.9 Å². The van der Waals surface area contributed by atoms with E-state index >= 15 is 0 Å². The SMILES string of the molecule is Cc1ccc(C)c(N2CCN(C(=O)c3n[nH]c4c3CN(C(=O)Cc3ccc(Cl)c(Cl)c3)CC4)CC2)c1. The number of nitrogens with zero attached hydrogens (tertiary/aromatic N) is 4. The second-order valence-electron chi connectivity index (χ2n) is 9.59. The molecule has 1 N–H and O–H groups in total. The maximum atomic E-state index is 13.4. The Kier molecular flexibility index (Phi) is 6.95. The molecular formula is C27H29Cl2N5O2. The van der Waals surface area contributed by atoms with Crippen molar-refractivity contribution < 1.29 is 9.59 Å². The average Bonchev–Trinajstić information content (AvgIpc) is 3.30. The molecule has 2 aliphatic heterocycles. The maximum absolute atomic E-state index is 13.4. The summed E-state index contributed by atoms with van der Waals surface area (Å²) in [5.74, 6) is -0.0901. The first-order valence-electron chi connectivity index (χ1n) is 12.2. The van der Waals surface area contributed by atoms with Crippen molar-refractivity contribution in [3.8, 4) is 0 Å². The number of hydrogen-bond acceptors (Lipinski definition) is 4. The summed E-state index contributed by atoms with van der Waals surface area (Å²) in [6, 6.07) is 11.7. The fourth-order valence-electron chi connectivity index (χ4n) is 4.98. The lowest BCUT2D eigenvalue weighted by Gasteiger charge is -2.37. The Morgan fingerprint density at radius 2 is 1.72 bits per heavy atom. The summed E-state index contributed by atoms with van der Waals surface area (Å²) in [7, 11) is 0. The number of amides is 2. The van der Waals surface area contributed by atoms with Crippen molar-refractivity contribution in [2.24, 2.45) is 0 Å². The lowest BCUT2D eigenvalue weighted by atomic mass is 10.0. The molecule has 1 saturated heterocycles. The number of aromatic nitrogens is 2. The predicted molar refractivity (Wildman–Crippen MR) is 142 cm³/mol. The molecule has 3 aromatic rings. The Bertz CT molecular complexity index is 1310. The van der Waals surface area contributed by atoms with Gasteiger partial charge in [-0.3, -0.25) is 14.7 Å². The van der Waals surface area contributed by atoms with Gasteiger partial charge in [0.15, 0.2) is 5.69 Å². The van der Waals surface area contributed by atoms with E-state index in [2.05, 4.69) is 47.1 Å². The fraction of sp³-hybridized carbons (Fsp3) is 0.370. The lowest BCUT2D eigenvalue weighted by Crippen LogP contribution is -2.49. The average molecular weight is 526 g/mol. The number of nitrogens with one attached hydrogen (secondary N) is 1. The van der Waals surface area contributed by atoms with Crippen LogP contribution in [0, 0.1) is 13.8 Å². The van der Waals surface area contributed by atoms with Gasteiger partial charge in [0.05, 0.1) is 16.5 Å². The molecule has 5 rings (SSSR count). The minimum absolute atomic E-state index is 0.0132. The molecule has 7 nitrogen and oxygen atoms in total. The van der Waals surface area contributed by atoms with E-state index in [9.17, 15) is 9.59 Å². The van der Waals surface area contributed by atoms with E-state index in [1.807, 2.05) is 11.0 Å². The van der Waals surface area contributed by atoms with Gasteiger partial charge in [0.1, 0.15) is 0 Å². The van der Waals surface area contributed by atoms with Crippen LogP contribution in [0.15, 0.2) is 36.4 Å². The zero-order valence-electron chi connectivity index (χ0n) is 20.5. The highest BCUT2D eigenvalue weighted by Gasteiger charge is 2.31. The van der Waals surface area contributed by atoms with E-state index in [0.29, 0.717) is 48.3 Å². The molecule has 36 heavy (non-hydrogen) atoms. The zero-order valence-corrected chi connectivity index (χ0v) is 22.0. The smallest absolute Gasteiger partial charge is 0.274 e. The van der Waals surface area contributed by atoms with Crippen LogP contribution in [-0.4, -0.2) is 64.5 Å². The summed E-state index contributed by atoms with van der Waals surface area (Å²) in [5, 5.41) is 8.31. The van der Waals surface area contributed by atoms with Crippen molar-refractivity contribution in [3.05, 3.63) is 80.1 Å². The molecule has 0 saturated carbocycles. The molecule has 0 atom stereocenters. The van der Waals surface area contributed by atoms with Crippen molar-refractivity contribution >= 4 is 40.7 Å². The first-order chi connectivity index (χ1) is 17.3. The molecule has 0 aliphatic carbocycles. The molecule has 0 radical (unpaired) electrons. The van der Waals surface area contributed by atoms with Crippen molar-refractivity contribution in [3.63, 3.8) is 0 Å². The third-order valence-electron chi connectivity index (χ3n) is 7.10. The van der Waals surface area contributed by atoms with Crippen molar-refractivity contribution in [1.29, 1.82) is 0 Å². The quantitative estimate of drug-likeness (QED) is 0.547. The molecule has 0 spiro atoms. The molecule has 188 valence electrons. The van der Waals surface area contributed by atoms with E-state index in [1.54, 1.807) is 17.0 Å². The number of fused-ring (bicyclic) bond motifs is 1. The van der Waals surface area contributed by atoms with Crippen molar-refractivity contribution in [1.82, 2.24) is 20.0 Å². The third-order valence-corrected chi connectivity index (χ3v) is 7.84. The van der Waals surface area contributed by atoms with Gasteiger partial charge in [-0.15, -0.1) is 0 Å². The monoisotopic (exact) mass is 525 g/mol. The second kappa shape index (κ2) is 10.1. The normalized spacial score (nSPS) is 15.7. The summed E-state index contributed by atoms with van der Waals surface area (Å²) in [4.78, 5) is 32.4. The Morgan fingerprint density at radius 3 is 2.47 bits per heavy atom. The van der Waals surface area contributed by atoms with Gasteiger partial charge >= 0.3 is 0 Å². The lowest BCUT2D eigenvalue weighted by molar-refractivity contribution is -0.131. The number of aromatic amines is 1. The van der Waals surface area contributed by atoms with Gasteiger partial charge in [0.2, 0.25) is 5.91 Å². The Hall–Kier alpha value is -3.03. The van der Waals surface area contributed by atoms with Crippen LogP contribution < -0.4 is 4.90 Å². The highest BCUT2D eigenvalue weighted by atomic mass is 35.5. The number of piperazine rings is 1. The van der Waals surface area contributed by atoms with Gasteiger partial charge in [0.25, 0.3) is 5.91 Å². The Morgan fingerprint density at radius 1 is 0.944 bits per heavy atom. The zero-order chi connectivity index (χ0) is 25.4. The van der Waals surface area contributed by atoms with Crippen molar-refractivity contribution in [2.75, 3.05) is 37.6 Å². The number of hydrogen-bond donors (Lipinski definition) is 1. The first-order valence-corrected chi connectivity index (χ1v) is 12.9. The summed E-state index contributed by atoms with van der Waals surface area (Å²) in [6.45, 7) is 7.99. The highest BCUT2D eigenvalue weighted by molar-refractivity contribution is 6.42. The molecule has 2 aromatic carbocycles. The maximum Gasteiger partial charge on any atom is 0.274 e. The standard InChI is InChI=1S/C27H29Cl2N5O2/c1-17-3-4-18(2)24(13-17)32-9-11-33(12-10-32)27(36)26-20-16-34(8-7-23(20)30-31-26)25(35)15-19-5-6-21(28)22(29)14-19/h3-6,13-14H,7-12,15-16H2,1-2H3,(H,30,31). The van der Waals surface area contributed by atoms with Gasteiger partial charge in [-0.25, -0.2) is 0 Å². The van der Waals surface area contributed by atoms with Crippen LogP contribution in [0.1, 0.15) is 38.4 Å². The van der Waals surface area contributed by atoms with Crippen LogP contribution >= 0.6 is 23.2 Å². The number of anilines is 1. The summed E-state index contributed by atoms with van der Waals surface area (Å²) in [5.41, 5.74) is 6.71. The number of carbonyl (C=O) groups excluding carboxylic acids is 2. The molecule has 3 heterocycles.